The summed E-state index contributed by atoms with van der Waals surface area (Å²) >= 11 is 11.9. The number of benzene rings is 1. The van der Waals surface area contributed by atoms with Crippen LogP contribution in [0.1, 0.15) is 44.2 Å². The highest BCUT2D eigenvalue weighted by Crippen LogP contribution is 2.28. The molecule has 1 aromatic carbocycles. The van der Waals surface area contributed by atoms with Crippen molar-refractivity contribution >= 4 is 35.1 Å². The number of aliphatic carboxylic acids is 1. The van der Waals surface area contributed by atoms with E-state index in [-0.39, 0.29) is 18.4 Å². The Morgan fingerprint density at radius 2 is 1.81 bits per heavy atom. The summed E-state index contributed by atoms with van der Waals surface area (Å²) in [6.07, 6.45) is 1.52. The number of rotatable bonds is 7. The maximum absolute atomic E-state index is 12.1. The SMILES string of the molecule is CC(c1ccc(Cl)c(Cl)c1)N(C)C(=O)CCCCC(=O)O. The number of carbonyl (C=O) groups is 2. The quantitative estimate of drug-likeness (QED) is 0.763. The third-order valence-electron chi connectivity index (χ3n) is 3.43. The third kappa shape index (κ3) is 5.56. The zero-order valence-corrected chi connectivity index (χ0v) is 13.6. The van der Waals surface area contributed by atoms with Gasteiger partial charge in [0.25, 0.3) is 0 Å². The highest BCUT2D eigenvalue weighted by molar-refractivity contribution is 6.42. The average molecular weight is 332 g/mol. The maximum Gasteiger partial charge on any atom is 0.303 e. The van der Waals surface area contributed by atoms with Crippen LogP contribution in [-0.4, -0.2) is 28.9 Å². The van der Waals surface area contributed by atoms with Crippen molar-refractivity contribution in [1.82, 2.24) is 4.90 Å². The molecule has 0 saturated heterocycles. The molecular formula is C15H19Cl2NO3. The number of halogens is 2. The normalized spacial score (nSPS) is 12.0. The molecule has 0 fully saturated rings. The lowest BCUT2D eigenvalue weighted by Gasteiger charge is -2.25. The van der Waals surface area contributed by atoms with Gasteiger partial charge in [-0.1, -0.05) is 29.3 Å². The van der Waals surface area contributed by atoms with Gasteiger partial charge in [-0.25, -0.2) is 0 Å². The van der Waals surface area contributed by atoms with Crippen LogP contribution in [0.25, 0.3) is 0 Å². The molecule has 0 heterocycles. The first kappa shape index (κ1) is 17.8. The van der Waals surface area contributed by atoms with Gasteiger partial charge in [0.2, 0.25) is 5.91 Å². The highest BCUT2D eigenvalue weighted by Gasteiger charge is 2.17. The van der Waals surface area contributed by atoms with Gasteiger partial charge in [-0.05, 0) is 37.5 Å². The van der Waals surface area contributed by atoms with Crippen molar-refractivity contribution in [2.24, 2.45) is 0 Å². The number of carbonyl (C=O) groups excluding carboxylic acids is 1. The summed E-state index contributed by atoms with van der Waals surface area (Å²) in [5.74, 6) is -0.848. The van der Waals surface area contributed by atoms with E-state index in [4.69, 9.17) is 28.3 Å². The summed E-state index contributed by atoms with van der Waals surface area (Å²) in [7, 11) is 1.73. The second-order valence-electron chi connectivity index (χ2n) is 4.96. The van der Waals surface area contributed by atoms with Gasteiger partial charge in [0.05, 0.1) is 16.1 Å². The van der Waals surface area contributed by atoms with Gasteiger partial charge in [-0.15, -0.1) is 0 Å². The molecular weight excluding hydrogens is 313 g/mol. The van der Waals surface area contributed by atoms with Gasteiger partial charge < -0.3 is 10.0 Å². The molecule has 1 N–H and O–H groups in total. The van der Waals surface area contributed by atoms with E-state index in [2.05, 4.69) is 0 Å². The Labute approximate surface area is 134 Å². The van der Waals surface area contributed by atoms with Crippen molar-refractivity contribution in [1.29, 1.82) is 0 Å². The molecule has 0 aliphatic heterocycles. The molecule has 21 heavy (non-hydrogen) atoms. The van der Waals surface area contributed by atoms with E-state index in [1.807, 2.05) is 13.0 Å². The van der Waals surface area contributed by atoms with Crippen molar-refractivity contribution < 1.29 is 14.7 Å². The number of hydrogen-bond donors (Lipinski definition) is 1. The van der Waals surface area contributed by atoms with Gasteiger partial charge in [-0.3, -0.25) is 9.59 Å². The average Bonchev–Trinajstić information content (AvgIpc) is 2.44. The first-order valence-corrected chi connectivity index (χ1v) is 7.51. The van der Waals surface area contributed by atoms with Crippen LogP contribution < -0.4 is 0 Å². The maximum atomic E-state index is 12.1. The topological polar surface area (TPSA) is 57.6 Å². The monoisotopic (exact) mass is 331 g/mol. The first-order valence-electron chi connectivity index (χ1n) is 6.75. The first-order chi connectivity index (χ1) is 9.82. The van der Waals surface area contributed by atoms with Crippen molar-refractivity contribution in [2.75, 3.05) is 7.05 Å². The molecule has 1 amide bonds. The van der Waals surface area contributed by atoms with Crippen LogP contribution in [0.4, 0.5) is 0 Å². The Balaban J connectivity index is 2.56. The molecule has 1 rings (SSSR count). The van der Waals surface area contributed by atoms with E-state index in [0.717, 1.165) is 5.56 Å². The molecule has 0 aromatic heterocycles. The lowest BCUT2D eigenvalue weighted by molar-refractivity contribution is -0.137. The Morgan fingerprint density at radius 1 is 1.19 bits per heavy atom. The molecule has 0 aliphatic rings. The van der Waals surface area contributed by atoms with Crippen molar-refractivity contribution in [3.8, 4) is 0 Å². The Hall–Kier alpha value is -1.26. The van der Waals surface area contributed by atoms with Crippen molar-refractivity contribution in [2.45, 2.75) is 38.6 Å². The molecule has 0 aliphatic carbocycles. The number of unbranched alkanes of at least 4 members (excludes halogenated alkanes) is 1. The Bertz CT molecular complexity index is 520. The zero-order valence-electron chi connectivity index (χ0n) is 12.1. The van der Waals surface area contributed by atoms with Gasteiger partial charge in [0.15, 0.2) is 0 Å². The summed E-state index contributed by atoms with van der Waals surface area (Å²) in [5.41, 5.74) is 0.908. The smallest absolute Gasteiger partial charge is 0.303 e. The number of amides is 1. The van der Waals surface area contributed by atoms with Crippen LogP contribution in [-0.2, 0) is 9.59 Å². The minimum atomic E-state index is -0.833. The predicted octanol–water partition coefficient (Wildman–Crippen LogP) is 4.16. The van der Waals surface area contributed by atoms with Crippen LogP contribution in [0.2, 0.25) is 10.0 Å². The molecule has 116 valence electrons. The van der Waals surface area contributed by atoms with E-state index in [9.17, 15) is 9.59 Å². The lowest BCUT2D eigenvalue weighted by Crippen LogP contribution is -2.29. The molecule has 1 unspecified atom stereocenters. The van der Waals surface area contributed by atoms with Crippen molar-refractivity contribution in [3.63, 3.8) is 0 Å². The van der Waals surface area contributed by atoms with Gasteiger partial charge in [0, 0.05) is 19.9 Å². The van der Waals surface area contributed by atoms with E-state index in [1.54, 1.807) is 24.1 Å². The summed E-state index contributed by atoms with van der Waals surface area (Å²) in [5, 5.41) is 9.50. The summed E-state index contributed by atoms with van der Waals surface area (Å²) in [6.45, 7) is 1.91. The minimum absolute atomic E-state index is 0.0149. The molecule has 4 nitrogen and oxygen atoms in total. The lowest BCUT2D eigenvalue weighted by atomic mass is 10.1. The molecule has 1 atom stereocenters. The van der Waals surface area contributed by atoms with Gasteiger partial charge >= 0.3 is 5.97 Å². The van der Waals surface area contributed by atoms with Crippen LogP contribution in [0.5, 0.6) is 0 Å². The fraction of sp³-hybridized carbons (Fsp3) is 0.467. The van der Waals surface area contributed by atoms with E-state index < -0.39 is 5.97 Å². The zero-order chi connectivity index (χ0) is 16.0. The van der Waals surface area contributed by atoms with E-state index in [0.29, 0.717) is 29.3 Å². The van der Waals surface area contributed by atoms with Crippen LogP contribution in [0.15, 0.2) is 18.2 Å². The van der Waals surface area contributed by atoms with Crippen LogP contribution in [0, 0.1) is 0 Å². The number of carboxylic acid groups (broad SMARTS) is 1. The Kier molecular flexibility index (Phi) is 6.99. The Morgan fingerprint density at radius 3 is 2.38 bits per heavy atom. The summed E-state index contributed by atoms with van der Waals surface area (Å²) < 4.78 is 0. The fourth-order valence-electron chi connectivity index (χ4n) is 1.94. The summed E-state index contributed by atoms with van der Waals surface area (Å²) in [6, 6.07) is 5.18. The summed E-state index contributed by atoms with van der Waals surface area (Å²) in [4.78, 5) is 24.1. The second-order valence-corrected chi connectivity index (χ2v) is 5.77. The molecule has 6 heteroatoms. The minimum Gasteiger partial charge on any atom is -0.481 e. The highest BCUT2D eigenvalue weighted by atomic mass is 35.5. The molecule has 0 spiro atoms. The standard InChI is InChI=1S/C15H19Cl2NO3/c1-10(11-7-8-12(16)13(17)9-11)18(2)14(19)5-3-4-6-15(20)21/h7-10H,3-6H2,1-2H3,(H,20,21). The molecule has 0 radical (unpaired) electrons. The van der Waals surface area contributed by atoms with Crippen LogP contribution in [0.3, 0.4) is 0 Å². The van der Waals surface area contributed by atoms with Crippen LogP contribution >= 0.6 is 23.2 Å². The second kappa shape index (κ2) is 8.25. The van der Waals surface area contributed by atoms with E-state index >= 15 is 0 Å². The number of hydrogen-bond acceptors (Lipinski definition) is 2. The molecule has 0 bridgehead atoms. The molecule has 0 saturated carbocycles. The number of carboxylic acids is 1. The predicted molar refractivity (Wildman–Crippen MR) is 83.8 cm³/mol. The third-order valence-corrected chi connectivity index (χ3v) is 4.17. The largest absolute Gasteiger partial charge is 0.481 e. The fourth-order valence-corrected chi connectivity index (χ4v) is 2.25. The van der Waals surface area contributed by atoms with Crippen molar-refractivity contribution in [3.05, 3.63) is 33.8 Å². The van der Waals surface area contributed by atoms with E-state index in [1.165, 1.54) is 0 Å². The number of nitrogens with zero attached hydrogens (tertiary/aromatic N) is 1. The van der Waals surface area contributed by atoms with Gasteiger partial charge in [-0.2, -0.15) is 0 Å². The molecule has 1 aromatic rings. The van der Waals surface area contributed by atoms with Gasteiger partial charge in [0.1, 0.15) is 0 Å².